The van der Waals surface area contributed by atoms with E-state index in [2.05, 4.69) is 0 Å². The maximum Gasteiger partial charge on any atom is 0.142 e. The van der Waals surface area contributed by atoms with Crippen molar-refractivity contribution in [1.29, 1.82) is 0 Å². The molecule has 0 aliphatic heterocycles. The fraction of sp³-hybridized carbons (Fsp3) is 0.333. The van der Waals surface area contributed by atoms with Gasteiger partial charge in [-0.2, -0.15) is 0 Å². The molecule has 0 heterocycles. The van der Waals surface area contributed by atoms with Gasteiger partial charge in [-0.05, 0) is 13.0 Å². The molecule has 0 bridgehead atoms. The van der Waals surface area contributed by atoms with E-state index in [0.717, 1.165) is 5.56 Å². The fourth-order valence-corrected chi connectivity index (χ4v) is 1.36. The van der Waals surface area contributed by atoms with E-state index >= 15 is 0 Å². The molecule has 2 N–H and O–H groups in total. The lowest BCUT2D eigenvalue weighted by Gasteiger charge is -2.12. The zero-order chi connectivity index (χ0) is 9.14. The molecule has 0 aromatic heterocycles. The van der Waals surface area contributed by atoms with Crippen molar-refractivity contribution >= 4 is 11.6 Å². The standard InChI is InChI=1S/C9H12ClNO/c1-6(11)7-4-3-5-8(10)9(7)12-2/h3-6H,11H2,1-2H3. The van der Waals surface area contributed by atoms with E-state index in [-0.39, 0.29) is 6.04 Å². The summed E-state index contributed by atoms with van der Waals surface area (Å²) >= 11 is 5.89. The first kappa shape index (κ1) is 9.36. The summed E-state index contributed by atoms with van der Waals surface area (Å²) in [5.74, 6) is 0.675. The number of rotatable bonds is 2. The second-order valence-corrected chi connectivity index (χ2v) is 3.06. The molecule has 1 aromatic rings. The van der Waals surface area contributed by atoms with Crippen molar-refractivity contribution in [3.63, 3.8) is 0 Å². The molecular weight excluding hydrogens is 174 g/mol. The number of methoxy groups -OCH3 is 1. The van der Waals surface area contributed by atoms with E-state index in [1.165, 1.54) is 0 Å². The Kier molecular flexibility index (Phi) is 2.95. The van der Waals surface area contributed by atoms with Crippen LogP contribution < -0.4 is 10.5 Å². The number of benzene rings is 1. The Morgan fingerprint density at radius 2 is 2.17 bits per heavy atom. The van der Waals surface area contributed by atoms with Crippen LogP contribution >= 0.6 is 11.6 Å². The molecule has 3 heteroatoms. The van der Waals surface area contributed by atoms with Crippen molar-refractivity contribution in [2.75, 3.05) is 7.11 Å². The van der Waals surface area contributed by atoms with Gasteiger partial charge in [0.2, 0.25) is 0 Å². The molecule has 12 heavy (non-hydrogen) atoms. The van der Waals surface area contributed by atoms with Gasteiger partial charge < -0.3 is 10.5 Å². The van der Waals surface area contributed by atoms with Gasteiger partial charge in [-0.25, -0.2) is 0 Å². The summed E-state index contributed by atoms with van der Waals surface area (Å²) in [6, 6.07) is 5.50. The highest BCUT2D eigenvalue weighted by Crippen LogP contribution is 2.31. The second kappa shape index (κ2) is 3.78. The molecule has 2 nitrogen and oxygen atoms in total. The second-order valence-electron chi connectivity index (χ2n) is 2.65. The molecular formula is C9H12ClNO. The number of ether oxygens (including phenoxy) is 1. The molecule has 0 amide bonds. The minimum Gasteiger partial charge on any atom is -0.495 e. The molecule has 0 fully saturated rings. The maximum absolute atomic E-state index is 5.89. The first-order valence-corrected chi connectivity index (χ1v) is 4.12. The predicted octanol–water partition coefficient (Wildman–Crippen LogP) is 2.37. The van der Waals surface area contributed by atoms with Crippen LogP contribution in [0.5, 0.6) is 5.75 Å². The molecule has 1 unspecified atom stereocenters. The van der Waals surface area contributed by atoms with Gasteiger partial charge >= 0.3 is 0 Å². The van der Waals surface area contributed by atoms with Crippen molar-refractivity contribution in [3.8, 4) is 5.75 Å². The van der Waals surface area contributed by atoms with Crippen LogP contribution in [0.25, 0.3) is 0 Å². The Morgan fingerprint density at radius 1 is 1.50 bits per heavy atom. The topological polar surface area (TPSA) is 35.2 Å². The van der Waals surface area contributed by atoms with Gasteiger partial charge in [-0.1, -0.05) is 23.7 Å². The van der Waals surface area contributed by atoms with Crippen LogP contribution in [0.1, 0.15) is 18.5 Å². The molecule has 66 valence electrons. The van der Waals surface area contributed by atoms with Crippen molar-refractivity contribution < 1.29 is 4.74 Å². The Morgan fingerprint density at radius 3 is 2.58 bits per heavy atom. The molecule has 0 radical (unpaired) electrons. The third kappa shape index (κ3) is 1.71. The third-order valence-corrected chi connectivity index (χ3v) is 1.99. The van der Waals surface area contributed by atoms with Crippen LogP contribution in [0.3, 0.4) is 0 Å². The largest absolute Gasteiger partial charge is 0.495 e. The lowest BCUT2D eigenvalue weighted by atomic mass is 10.1. The minimum atomic E-state index is -0.0568. The molecule has 0 aliphatic rings. The fourth-order valence-electron chi connectivity index (χ4n) is 1.10. The molecule has 1 aromatic carbocycles. The third-order valence-electron chi connectivity index (χ3n) is 1.69. The van der Waals surface area contributed by atoms with Crippen LogP contribution in [0.4, 0.5) is 0 Å². The highest BCUT2D eigenvalue weighted by Gasteiger charge is 2.09. The number of nitrogens with two attached hydrogens (primary N) is 1. The molecule has 0 saturated heterocycles. The monoisotopic (exact) mass is 185 g/mol. The van der Waals surface area contributed by atoms with Crippen LogP contribution in [0.2, 0.25) is 5.02 Å². The normalized spacial score (nSPS) is 12.7. The molecule has 1 rings (SSSR count). The van der Waals surface area contributed by atoms with Gasteiger partial charge in [-0.15, -0.1) is 0 Å². The Labute approximate surface area is 77.3 Å². The van der Waals surface area contributed by atoms with E-state index in [0.29, 0.717) is 10.8 Å². The Hall–Kier alpha value is -0.730. The van der Waals surface area contributed by atoms with E-state index in [9.17, 15) is 0 Å². The summed E-state index contributed by atoms with van der Waals surface area (Å²) in [4.78, 5) is 0. The lowest BCUT2D eigenvalue weighted by molar-refractivity contribution is 0.407. The number of hydrogen-bond donors (Lipinski definition) is 1. The summed E-state index contributed by atoms with van der Waals surface area (Å²) < 4.78 is 5.13. The van der Waals surface area contributed by atoms with Crippen LogP contribution in [0.15, 0.2) is 18.2 Å². The number of halogens is 1. The minimum absolute atomic E-state index is 0.0568. The molecule has 1 atom stereocenters. The van der Waals surface area contributed by atoms with Gasteiger partial charge in [0.25, 0.3) is 0 Å². The number of hydrogen-bond acceptors (Lipinski definition) is 2. The van der Waals surface area contributed by atoms with Crippen LogP contribution in [0, 0.1) is 0 Å². The van der Waals surface area contributed by atoms with E-state index < -0.39 is 0 Å². The SMILES string of the molecule is COc1c(Cl)cccc1C(C)N. The highest BCUT2D eigenvalue weighted by molar-refractivity contribution is 6.32. The molecule has 0 aliphatic carbocycles. The summed E-state index contributed by atoms with van der Waals surface area (Å²) in [6.07, 6.45) is 0. The predicted molar refractivity (Wildman–Crippen MR) is 50.6 cm³/mol. The zero-order valence-corrected chi connectivity index (χ0v) is 7.93. The zero-order valence-electron chi connectivity index (χ0n) is 7.17. The van der Waals surface area contributed by atoms with Crippen molar-refractivity contribution in [2.45, 2.75) is 13.0 Å². The van der Waals surface area contributed by atoms with Crippen molar-refractivity contribution in [1.82, 2.24) is 0 Å². The van der Waals surface area contributed by atoms with E-state index in [1.54, 1.807) is 13.2 Å². The average Bonchev–Trinajstić information content (AvgIpc) is 2.03. The van der Waals surface area contributed by atoms with Crippen molar-refractivity contribution in [2.24, 2.45) is 5.73 Å². The first-order valence-electron chi connectivity index (χ1n) is 3.74. The molecule has 0 saturated carbocycles. The Bertz CT molecular complexity index is 273. The summed E-state index contributed by atoms with van der Waals surface area (Å²) in [5, 5.41) is 0.604. The quantitative estimate of drug-likeness (QED) is 0.768. The smallest absolute Gasteiger partial charge is 0.142 e. The number of para-hydroxylation sites is 1. The van der Waals surface area contributed by atoms with Crippen molar-refractivity contribution in [3.05, 3.63) is 28.8 Å². The first-order chi connectivity index (χ1) is 5.66. The van der Waals surface area contributed by atoms with Crippen LogP contribution in [-0.4, -0.2) is 7.11 Å². The summed E-state index contributed by atoms with van der Waals surface area (Å²) in [7, 11) is 1.59. The highest BCUT2D eigenvalue weighted by atomic mass is 35.5. The van der Waals surface area contributed by atoms with Crippen LogP contribution in [-0.2, 0) is 0 Å². The van der Waals surface area contributed by atoms with Gasteiger partial charge in [0, 0.05) is 11.6 Å². The van der Waals surface area contributed by atoms with Gasteiger partial charge in [0.15, 0.2) is 0 Å². The van der Waals surface area contributed by atoms with Gasteiger partial charge in [0.1, 0.15) is 5.75 Å². The Balaban J connectivity index is 3.18. The summed E-state index contributed by atoms with van der Waals surface area (Å²) in [6.45, 7) is 1.90. The lowest BCUT2D eigenvalue weighted by Crippen LogP contribution is -2.06. The van der Waals surface area contributed by atoms with E-state index in [4.69, 9.17) is 22.1 Å². The van der Waals surface area contributed by atoms with E-state index in [1.807, 2.05) is 19.1 Å². The maximum atomic E-state index is 5.89. The van der Waals surface area contributed by atoms with Gasteiger partial charge in [0.05, 0.1) is 12.1 Å². The average molecular weight is 186 g/mol. The molecule has 0 spiro atoms. The summed E-state index contributed by atoms with van der Waals surface area (Å²) in [5.41, 5.74) is 6.66. The van der Waals surface area contributed by atoms with Gasteiger partial charge in [-0.3, -0.25) is 0 Å².